The van der Waals surface area contributed by atoms with Gasteiger partial charge in [-0.2, -0.15) is 0 Å². The number of barbiturate groups is 1. The summed E-state index contributed by atoms with van der Waals surface area (Å²) < 4.78 is 0. The Kier molecular flexibility index (Phi) is 3.79. The Morgan fingerprint density at radius 1 is 1.15 bits per heavy atom. The van der Waals surface area contributed by atoms with E-state index in [9.17, 15) is 14.4 Å². The lowest BCUT2D eigenvalue weighted by Crippen LogP contribution is -3.14. The summed E-state index contributed by atoms with van der Waals surface area (Å²) >= 11 is 6.45. The van der Waals surface area contributed by atoms with Crippen LogP contribution in [-0.2, 0) is 16.0 Å². The molecule has 0 aliphatic carbocycles. The molecule has 0 radical (unpaired) electrons. The van der Waals surface area contributed by atoms with E-state index in [1.807, 2.05) is 12.1 Å². The van der Waals surface area contributed by atoms with Gasteiger partial charge in [-0.15, -0.1) is 0 Å². The number of benzene rings is 1. The summed E-state index contributed by atoms with van der Waals surface area (Å²) in [6, 6.07) is 4.79. The molecule has 1 unspecified atom stereocenters. The average Bonchev–Trinajstić information content (AvgIpc) is 2.63. The molecule has 138 valence electrons. The minimum Gasteiger partial charge on any atom is -0.355 e. The highest BCUT2D eigenvalue weighted by Crippen LogP contribution is 2.47. The van der Waals surface area contributed by atoms with E-state index in [2.05, 4.69) is 11.9 Å². The Labute approximate surface area is 157 Å². The van der Waals surface area contributed by atoms with E-state index in [0.717, 1.165) is 34.1 Å². The summed E-state index contributed by atoms with van der Waals surface area (Å²) in [4.78, 5) is 44.5. The van der Waals surface area contributed by atoms with Gasteiger partial charge < -0.3 is 9.80 Å². The fourth-order valence-corrected chi connectivity index (χ4v) is 4.89. The predicted molar refractivity (Wildman–Crippen MR) is 96.3 cm³/mol. The molecule has 2 fully saturated rings. The smallest absolute Gasteiger partial charge is 0.332 e. The van der Waals surface area contributed by atoms with Gasteiger partial charge in [0.1, 0.15) is 6.04 Å². The second-order valence-electron chi connectivity index (χ2n) is 7.52. The molecule has 1 aromatic carbocycles. The van der Waals surface area contributed by atoms with Crippen LogP contribution < -0.4 is 9.80 Å². The lowest BCUT2D eigenvalue weighted by atomic mass is 9.67. The van der Waals surface area contributed by atoms with Crippen LogP contribution >= 0.6 is 11.6 Å². The Bertz CT molecular complexity index is 803. The maximum atomic E-state index is 13.3. The van der Waals surface area contributed by atoms with Crippen molar-refractivity contribution in [2.45, 2.75) is 12.5 Å². The number of carbonyl (C=O) groups excluding carboxylic acids is 3. The highest BCUT2D eigenvalue weighted by Gasteiger charge is 2.64. The Hall–Kier alpha value is -2.12. The summed E-state index contributed by atoms with van der Waals surface area (Å²) in [5.74, 6) is -0.860. The van der Waals surface area contributed by atoms with Crippen molar-refractivity contribution in [2.24, 2.45) is 5.41 Å². The Morgan fingerprint density at radius 2 is 1.81 bits per heavy atom. The molecule has 3 aliphatic rings. The van der Waals surface area contributed by atoms with Gasteiger partial charge in [-0.1, -0.05) is 17.7 Å². The first-order valence-electron chi connectivity index (χ1n) is 8.74. The van der Waals surface area contributed by atoms with Crippen LogP contribution in [0.4, 0.5) is 10.5 Å². The molecular formula is C18H22ClN4O3+. The average molecular weight is 378 g/mol. The van der Waals surface area contributed by atoms with Gasteiger partial charge in [0, 0.05) is 31.2 Å². The molecule has 1 N–H and O–H groups in total. The van der Waals surface area contributed by atoms with Crippen molar-refractivity contribution < 1.29 is 19.3 Å². The minimum absolute atomic E-state index is 0.218. The topological polar surface area (TPSA) is 65.4 Å². The number of anilines is 1. The van der Waals surface area contributed by atoms with Crippen molar-refractivity contribution in [3.05, 3.63) is 28.8 Å². The van der Waals surface area contributed by atoms with E-state index in [-0.39, 0.29) is 12.5 Å². The number of amides is 4. The van der Waals surface area contributed by atoms with Gasteiger partial charge in [0.05, 0.1) is 26.7 Å². The fraction of sp³-hybridized carbons (Fsp3) is 0.500. The first kappa shape index (κ1) is 17.3. The number of halogens is 1. The van der Waals surface area contributed by atoms with Crippen LogP contribution in [0.25, 0.3) is 0 Å². The van der Waals surface area contributed by atoms with Crippen molar-refractivity contribution >= 4 is 35.1 Å². The highest BCUT2D eigenvalue weighted by atomic mass is 35.5. The molecule has 0 bridgehead atoms. The monoisotopic (exact) mass is 377 g/mol. The zero-order valence-corrected chi connectivity index (χ0v) is 15.8. The SMILES string of the molecule is CN1C(=O)N(C)C(=O)C2(Cc3c(Cl)cccc3N3CC[NH+](C)C[C@H]32)C1=O. The van der Waals surface area contributed by atoms with E-state index in [4.69, 9.17) is 11.6 Å². The number of nitrogens with one attached hydrogen (secondary N) is 1. The number of quaternary nitrogens is 1. The molecule has 0 saturated carbocycles. The van der Waals surface area contributed by atoms with Crippen LogP contribution in [0.15, 0.2) is 18.2 Å². The van der Waals surface area contributed by atoms with E-state index in [1.165, 1.54) is 19.0 Å². The van der Waals surface area contributed by atoms with Crippen LogP contribution in [0.2, 0.25) is 5.02 Å². The van der Waals surface area contributed by atoms with E-state index in [0.29, 0.717) is 11.6 Å². The first-order valence-corrected chi connectivity index (χ1v) is 9.12. The molecule has 26 heavy (non-hydrogen) atoms. The normalized spacial score (nSPS) is 27.7. The standard InChI is InChI=1S/C18H21ClN4O3/c1-20-7-8-23-13-6-4-5-12(19)11(13)9-18(14(23)10-20)15(24)21(2)17(26)22(3)16(18)25/h4-6,14H,7-10H2,1-3H3/p+1/t14-/m0/s1. The number of piperazine rings is 1. The number of urea groups is 1. The van der Waals surface area contributed by atoms with E-state index < -0.39 is 23.3 Å². The number of carbonyl (C=O) groups is 3. The quantitative estimate of drug-likeness (QED) is 0.627. The second-order valence-corrected chi connectivity index (χ2v) is 7.92. The molecular weight excluding hydrogens is 356 g/mol. The molecule has 8 heteroatoms. The van der Waals surface area contributed by atoms with Crippen LogP contribution in [0, 0.1) is 5.41 Å². The summed E-state index contributed by atoms with van der Waals surface area (Å²) in [5, 5.41) is 0.550. The van der Waals surface area contributed by atoms with Crippen LogP contribution in [0.1, 0.15) is 5.56 Å². The summed E-state index contributed by atoms with van der Waals surface area (Å²) in [6.07, 6.45) is 0.218. The highest BCUT2D eigenvalue weighted by molar-refractivity contribution is 6.32. The molecule has 3 aliphatic heterocycles. The van der Waals surface area contributed by atoms with Crippen LogP contribution in [0.3, 0.4) is 0 Å². The van der Waals surface area contributed by atoms with Gasteiger partial charge in [0.2, 0.25) is 11.8 Å². The maximum Gasteiger partial charge on any atom is 0.332 e. The molecule has 2 saturated heterocycles. The Morgan fingerprint density at radius 3 is 2.46 bits per heavy atom. The van der Waals surface area contributed by atoms with E-state index in [1.54, 1.807) is 6.07 Å². The molecule has 2 atom stereocenters. The molecule has 3 heterocycles. The van der Waals surface area contributed by atoms with Crippen molar-refractivity contribution in [1.29, 1.82) is 0 Å². The predicted octanol–water partition coefficient (Wildman–Crippen LogP) is -0.364. The number of fused-ring (bicyclic) bond motifs is 4. The zero-order chi connectivity index (χ0) is 18.8. The zero-order valence-electron chi connectivity index (χ0n) is 15.1. The van der Waals surface area contributed by atoms with Gasteiger partial charge in [-0.05, 0) is 17.7 Å². The number of imide groups is 2. The van der Waals surface area contributed by atoms with Crippen molar-refractivity contribution in [2.75, 3.05) is 45.7 Å². The molecule has 0 aromatic heterocycles. The van der Waals surface area contributed by atoms with Crippen LogP contribution in [0.5, 0.6) is 0 Å². The number of likely N-dealkylation sites (N-methyl/N-ethyl adjacent to an activating group) is 1. The lowest BCUT2D eigenvalue weighted by Gasteiger charge is -2.54. The summed E-state index contributed by atoms with van der Waals surface area (Å²) in [5.41, 5.74) is 0.475. The van der Waals surface area contributed by atoms with Gasteiger partial charge in [0.15, 0.2) is 5.41 Å². The van der Waals surface area contributed by atoms with Crippen molar-refractivity contribution in [3.63, 3.8) is 0 Å². The second kappa shape index (κ2) is 5.69. The summed E-state index contributed by atoms with van der Waals surface area (Å²) in [6.45, 7) is 2.29. The van der Waals surface area contributed by atoms with Gasteiger partial charge in [-0.3, -0.25) is 19.4 Å². The van der Waals surface area contributed by atoms with Gasteiger partial charge in [0.25, 0.3) is 0 Å². The molecule has 1 aromatic rings. The van der Waals surface area contributed by atoms with Crippen LogP contribution in [-0.4, -0.2) is 74.5 Å². The lowest BCUT2D eigenvalue weighted by molar-refractivity contribution is -0.883. The molecule has 7 nitrogen and oxygen atoms in total. The minimum atomic E-state index is -1.32. The number of hydrogen-bond acceptors (Lipinski definition) is 4. The fourth-order valence-electron chi connectivity index (χ4n) is 4.65. The molecule has 1 spiro atoms. The molecule has 4 rings (SSSR count). The van der Waals surface area contributed by atoms with Gasteiger partial charge in [-0.25, -0.2) is 4.79 Å². The third-order valence-corrected chi connectivity index (χ3v) is 6.43. The largest absolute Gasteiger partial charge is 0.355 e. The summed E-state index contributed by atoms with van der Waals surface area (Å²) in [7, 11) is 4.96. The first-order chi connectivity index (χ1) is 12.3. The number of hydrogen-bond donors (Lipinski definition) is 1. The van der Waals surface area contributed by atoms with Crippen molar-refractivity contribution in [3.8, 4) is 0 Å². The van der Waals surface area contributed by atoms with Crippen molar-refractivity contribution in [1.82, 2.24) is 9.80 Å². The molecule has 4 amide bonds. The third-order valence-electron chi connectivity index (χ3n) is 6.07. The van der Waals surface area contributed by atoms with Gasteiger partial charge >= 0.3 is 6.03 Å². The van der Waals surface area contributed by atoms with E-state index >= 15 is 0 Å². The maximum absolute atomic E-state index is 13.3. The number of nitrogens with zero attached hydrogens (tertiary/aromatic N) is 3. The third kappa shape index (κ3) is 2.07. The number of rotatable bonds is 0. The Balaban J connectivity index is 1.95.